The second-order valence-corrected chi connectivity index (χ2v) is 5.05. The van der Waals surface area contributed by atoms with Crippen LogP contribution in [0, 0.1) is 10.1 Å². The number of halogens is 1. The molecule has 1 aromatic rings. The van der Waals surface area contributed by atoms with Crippen molar-refractivity contribution in [1.29, 1.82) is 0 Å². The first-order valence-corrected chi connectivity index (χ1v) is 6.88. The Hall–Kier alpha value is -1.09. The second-order valence-electron chi connectivity index (χ2n) is 4.61. The zero-order valence-corrected chi connectivity index (χ0v) is 11.5. The van der Waals surface area contributed by atoms with Crippen LogP contribution in [0.2, 0.25) is 5.02 Å². The molecule has 1 unspecified atom stereocenters. The summed E-state index contributed by atoms with van der Waals surface area (Å²) < 4.78 is 0. The largest absolute Gasteiger partial charge is 0.265 e. The fourth-order valence-electron chi connectivity index (χ4n) is 2.10. The Morgan fingerprint density at radius 2 is 1.89 bits per heavy atom. The molecule has 0 bridgehead atoms. The monoisotopic (exact) mass is 269 g/mol. The van der Waals surface area contributed by atoms with E-state index < -0.39 is 0 Å². The molecule has 0 fully saturated rings. The van der Waals surface area contributed by atoms with Gasteiger partial charge in [-0.2, -0.15) is 0 Å². The highest BCUT2D eigenvalue weighted by Crippen LogP contribution is 2.24. The van der Waals surface area contributed by atoms with Crippen molar-refractivity contribution in [3.8, 4) is 0 Å². The predicted molar refractivity (Wildman–Crippen MR) is 74.8 cm³/mol. The standard InChI is InChI=1S/C14H20ClNO2/c1-2-3-4-5-6-13(11-16(17)18)12-7-9-14(15)10-8-12/h7-10,13H,2-6,11H2,1H3. The zero-order chi connectivity index (χ0) is 13.4. The third-order valence-electron chi connectivity index (χ3n) is 3.12. The molecule has 4 heteroatoms. The van der Waals surface area contributed by atoms with Crippen LogP contribution >= 0.6 is 11.6 Å². The van der Waals surface area contributed by atoms with Crippen LogP contribution in [0.3, 0.4) is 0 Å². The Balaban J connectivity index is 2.59. The average Bonchev–Trinajstić information content (AvgIpc) is 2.34. The molecule has 0 aromatic heterocycles. The molecule has 0 radical (unpaired) electrons. The number of nitro groups is 1. The van der Waals surface area contributed by atoms with Crippen molar-refractivity contribution < 1.29 is 4.92 Å². The maximum Gasteiger partial charge on any atom is 0.210 e. The summed E-state index contributed by atoms with van der Waals surface area (Å²) in [7, 11) is 0. The number of unbranched alkanes of at least 4 members (excludes halogenated alkanes) is 3. The Labute approximate surface area is 113 Å². The minimum atomic E-state index is -0.223. The molecule has 100 valence electrons. The highest BCUT2D eigenvalue weighted by Gasteiger charge is 2.17. The lowest BCUT2D eigenvalue weighted by molar-refractivity contribution is -0.483. The first kappa shape index (κ1) is 15.0. The molecule has 1 atom stereocenters. The topological polar surface area (TPSA) is 43.1 Å². The molecule has 18 heavy (non-hydrogen) atoms. The minimum absolute atomic E-state index is 0.00770. The van der Waals surface area contributed by atoms with Crippen molar-refractivity contribution in [3.63, 3.8) is 0 Å². The van der Waals surface area contributed by atoms with Crippen LogP contribution in [0.25, 0.3) is 0 Å². The summed E-state index contributed by atoms with van der Waals surface area (Å²) in [6.07, 6.45) is 5.46. The lowest BCUT2D eigenvalue weighted by atomic mass is 9.93. The van der Waals surface area contributed by atoms with E-state index in [1.165, 1.54) is 12.8 Å². The highest BCUT2D eigenvalue weighted by molar-refractivity contribution is 6.30. The quantitative estimate of drug-likeness (QED) is 0.391. The van der Waals surface area contributed by atoms with Crippen molar-refractivity contribution in [2.75, 3.05) is 6.54 Å². The number of rotatable bonds is 8. The lowest BCUT2D eigenvalue weighted by Crippen LogP contribution is -2.12. The first-order chi connectivity index (χ1) is 8.63. The molecule has 3 nitrogen and oxygen atoms in total. The van der Waals surface area contributed by atoms with Crippen LogP contribution < -0.4 is 0 Å². The Kier molecular flexibility index (Phi) is 6.73. The van der Waals surface area contributed by atoms with Gasteiger partial charge in [-0.1, -0.05) is 56.3 Å². The van der Waals surface area contributed by atoms with Crippen molar-refractivity contribution >= 4 is 11.6 Å². The summed E-state index contributed by atoms with van der Waals surface area (Å²) in [5, 5.41) is 11.4. The van der Waals surface area contributed by atoms with Crippen LogP contribution in [-0.4, -0.2) is 11.5 Å². The van der Waals surface area contributed by atoms with E-state index in [0.717, 1.165) is 24.8 Å². The minimum Gasteiger partial charge on any atom is -0.265 e. The lowest BCUT2D eigenvalue weighted by Gasteiger charge is -2.13. The summed E-state index contributed by atoms with van der Waals surface area (Å²) in [6, 6.07) is 7.40. The maximum atomic E-state index is 10.7. The van der Waals surface area contributed by atoms with Gasteiger partial charge in [-0.25, -0.2) is 0 Å². The summed E-state index contributed by atoms with van der Waals surface area (Å²) in [4.78, 5) is 10.5. The van der Waals surface area contributed by atoms with E-state index in [1.54, 1.807) is 12.1 Å². The van der Waals surface area contributed by atoms with E-state index >= 15 is 0 Å². The predicted octanol–water partition coefficient (Wildman–Crippen LogP) is 4.67. The molecule has 0 aliphatic carbocycles. The average molecular weight is 270 g/mol. The number of hydrogen-bond acceptors (Lipinski definition) is 2. The molecular formula is C14H20ClNO2. The molecule has 0 aliphatic heterocycles. The SMILES string of the molecule is CCCCCCC(C[N+](=O)[O-])c1ccc(Cl)cc1. The van der Waals surface area contributed by atoms with Gasteiger partial charge in [0.15, 0.2) is 0 Å². The van der Waals surface area contributed by atoms with Gasteiger partial charge < -0.3 is 0 Å². The summed E-state index contributed by atoms with van der Waals surface area (Å²) in [5.41, 5.74) is 1.02. The zero-order valence-electron chi connectivity index (χ0n) is 10.8. The van der Waals surface area contributed by atoms with E-state index in [1.807, 2.05) is 12.1 Å². The van der Waals surface area contributed by atoms with Crippen LogP contribution in [0.5, 0.6) is 0 Å². The maximum absolute atomic E-state index is 10.7. The van der Waals surface area contributed by atoms with Crippen molar-refractivity contribution in [2.24, 2.45) is 0 Å². The summed E-state index contributed by atoms with van der Waals surface area (Å²) >= 11 is 5.83. The molecule has 0 spiro atoms. The molecule has 0 amide bonds. The Morgan fingerprint density at radius 1 is 1.22 bits per heavy atom. The van der Waals surface area contributed by atoms with Crippen LogP contribution in [-0.2, 0) is 0 Å². The van der Waals surface area contributed by atoms with Gasteiger partial charge in [0.2, 0.25) is 6.54 Å². The molecule has 0 heterocycles. The van der Waals surface area contributed by atoms with Crippen molar-refractivity contribution in [1.82, 2.24) is 0 Å². The van der Waals surface area contributed by atoms with Gasteiger partial charge in [0.05, 0.1) is 0 Å². The molecule has 0 saturated heterocycles. The third kappa shape index (κ3) is 5.50. The summed E-state index contributed by atoms with van der Waals surface area (Å²) in [5.74, 6) is 0.00845. The molecule has 0 aliphatic rings. The van der Waals surface area contributed by atoms with Gasteiger partial charge in [0, 0.05) is 15.9 Å². The normalized spacial score (nSPS) is 12.3. The van der Waals surface area contributed by atoms with Gasteiger partial charge in [0.25, 0.3) is 0 Å². The second kappa shape index (κ2) is 8.09. The van der Waals surface area contributed by atoms with Gasteiger partial charge in [-0.3, -0.25) is 10.1 Å². The number of hydrogen-bond donors (Lipinski definition) is 0. The summed E-state index contributed by atoms with van der Waals surface area (Å²) in [6.45, 7) is 2.17. The fraction of sp³-hybridized carbons (Fsp3) is 0.571. The van der Waals surface area contributed by atoms with Crippen molar-refractivity contribution in [3.05, 3.63) is 45.0 Å². The smallest absolute Gasteiger partial charge is 0.210 e. The van der Waals surface area contributed by atoms with Gasteiger partial charge >= 0.3 is 0 Å². The van der Waals surface area contributed by atoms with E-state index in [2.05, 4.69) is 6.92 Å². The molecule has 1 aromatic carbocycles. The third-order valence-corrected chi connectivity index (χ3v) is 3.37. The molecule has 1 rings (SSSR count). The fourth-order valence-corrected chi connectivity index (χ4v) is 2.22. The van der Waals surface area contributed by atoms with Crippen molar-refractivity contribution in [2.45, 2.75) is 44.9 Å². The van der Waals surface area contributed by atoms with Crippen LogP contribution in [0.15, 0.2) is 24.3 Å². The van der Waals surface area contributed by atoms with Crippen LogP contribution in [0.1, 0.15) is 50.5 Å². The van der Waals surface area contributed by atoms with E-state index in [0.29, 0.717) is 5.02 Å². The van der Waals surface area contributed by atoms with E-state index in [9.17, 15) is 10.1 Å². The first-order valence-electron chi connectivity index (χ1n) is 6.50. The van der Waals surface area contributed by atoms with Gasteiger partial charge in [0.1, 0.15) is 0 Å². The van der Waals surface area contributed by atoms with Gasteiger partial charge in [-0.15, -0.1) is 0 Å². The van der Waals surface area contributed by atoms with E-state index in [4.69, 9.17) is 11.6 Å². The Bertz CT molecular complexity index is 365. The number of nitrogens with zero attached hydrogens (tertiary/aromatic N) is 1. The molecule has 0 saturated carbocycles. The highest BCUT2D eigenvalue weighted by atomic mass is 35.5. The van der Waals surface area contributed by atoms with Crippen LogP contribution in [0.4, 0.5) is 0 Å². The molecular weight excluding hydrogens is 250 g/mol. The van der Waals surface area contributed by atoms with Gasteiger partial charge in [-0.05, 0) is 24.1 Å². The number of benzene rings is 1. The Morgan fingerprint density at radius 3 is 2.44 bits per heavy atom. The van der Waals surface area contributed by atoms with E-state index in [-0.39, 0.29) is 17.4 Å². The molecule has 0 N–H and O–H groups in total.